The third kappa shape index (κ3) is 6.85. The lowest BCUT2D eigenvalue weighted by atomic mass is 10.0. The largest absolute Gasteiger partial charge is 0.507 e. The summed E-state index contributed by atoms with van der Waals surface area (Å²) in [7, 11) is 1.53. The molecular formula is C30H32O8. The van der Waals surface area contributed by atoms with Crippen molar-refractivity contribution in [3.63, 3.8) is 0 Å². The fraction of sp³-hybridized carbons (Fsp3) is 0.267. The highest BCUT2D eigenvalue weighted by Gasteiger charge is 2.17. The first-order valence-electron chi connectivity index (χ1n) is 12.0. The average molecular weight is 521 g/mol. The van der Waals surface area contributed by atoms with Crippen LogP contribution >= 0.6 is 0 Å². The second-order valence-corrected chi connectivity index (χ2v) is 9.19. The molecule has 2 heterocycles. The van der Waals surface area contributed by atoms with Gasteiger partial charge in [-0.25, -0.2) is 4.79 Å². The third-order valence-electron chi connectivity index (χ3n) is 5.53. The Morgan fingerprint density at radius 3 is 2.26 bits per heavy atom. The molecule has 2 aromatic carbocycles. The number of methoxy groups -OCH3 is 1. The van der Waals surface area contributed by atoms with E-state index in [1.807, 2.05) is 39.8 Å². The normalized spacial score (nSPS) is 10.5. The Bertz CT molecular complexity index is 1630. The predicted molar refractivity (Wildman–Crippen MR) is 148 cm³/mol. The number of hydrogen-bond acceptors (Lipinski definition) is 8. The Labute approximate surface area is 220 Å². The molecule has 2 N–H and O–H groups in total. The van der Waals surface area contributed by atoms with Gasteiger partial charge in [0.15, 0.2) is 16.9 Å². The van der Waals surface area contributed by atoms with Crippen LogP contribution in [0.1, 0.15) is 39.0 Å². The molecular weight excluding hydrogens is 488 g/mol. The molecule has 0 saturated carbocycles. The number of rotatable bonds is 6. The van der Waals surface area contributed by atoms with E-state index >= 15 is 0 Å². The topological polar surface area (TPSA) is 119 Å². The molecule has 0 aliphatic heterocycles. The first kappa shape index (κ1) is 28.1. The van der Waals surface area contributed by atoms with Gasteiger partial charge >= 0.3 is 5.63 Å². The smallest absolute Gasteiger partial charge is 0.336 e. The monoisotopic (exact) mass is 520 g/mol. The van der Waals surface area contributed by atoms with Gasteiger partial charge in [-0.05, 0) is 59.2 Å². The molecule has 0 unspecified atom stereocenters. The van der Waals surface area contributed by atoms with Gasteiger partial charge in [-0.15, -0.1) is 0 Å². The molecule has 0 spiro atoms. The Kier molecular flexibility index (Phi) is 9.02. The van der Waals surface area contributed by atoms with Crippen LogP contribution in [-0.4, -0.2) is 23.9 Å². The SMILES string of the molecule is CC(C)=CCOc1cc2oc(=O)ccc2cc1O.COc1cc(O)c2c(=O)cc(C)oc2c1CC=C(C)C. The summed E-state index contributed by atoms with van der Waals surface area (Å²) >= 11 is 0. The summed E-state index contributed by atoms with van der Waals surface area (Å²) in [6.07, 6.45) is 4.50. The van der Waals surface area contributed by atoms with Gasteiger partial charge in [0.2, 0.25) is 0 Å². The minimum atomic E-state index is -0.427. The van der Waals surface area contributed by atoms with Gasteiger partial charge in [0.1, 0.15) is 40.4 Å². The standard InChI is InChI=1S/C16H18O4.C14H14O4/c1-9(2)5-6-11-14(19-4)8-13(18)15-12(17)7-10(3)20-16(11)15;1-9(2)5-6-17-13-8-12-10(7-11(13)15)3-4-14(16)18-12/h5,7-8,18H,6H2,1-4H3;3-5,7-8,15H,6H2,1-2H3. The fourth-order valence-corrected chi connectivity index (χ4v) is 3.64. The summed E-state index contributed by atoms with van der Waals surface area (Å²) in [6, 6.07) is 8.77. The van der Waals surface area contributed by atoms with E-state index in [1.165, 1.54) is 37.4 Å². The van der Waals surface area contributed by atoms with Gasteiger partial charge < -0.3 is 28.5 Å². The van der Waals surface area contributed by atoms with Crippen LogP contribution in [-0.2, 0) is 6.42 Å². The van der Waals surface area contributed by atoms with Crippen molar-refractivity contribution in [1.29, 1.82) is 0 Å². The lowest BCUT2D eigenvalue weighted by Gasteiger charge is -2.11. The number of phenols is 2. The lowest BCUT2D eigenvalue weighted by Crippen LogP contribution is -2.04. The minimum Gasteiger partial charge on any atom is -0.507 e. The molecule has 38 heavy (non-hydrogen) atoms. The van der Waals surface area contributed by atoms with E-state index in [4.69, 9.17) is 18.3 Å². The maximum Gasteiger partial charge on any atom is 0.336 e. The zero-order valence-electron chi connectivity index (χ0n) is 22.4. The first-order chi connectivity index (χ1) is 18.0. The molecule has 4 aromatic rings. The van der Waals surface area contributed by atoms with E-state index in [0.717, 1.165) is 16.7 Å². The lowest BCUT2D eigenvalue weighted by molar-refractivity contribution is 0.335. The number of phenolic OH excluding ortho intramolecular Hbond substituents is 2. The van der Waals surface area contributed by atoms with Crippen LogP contribution in [0.3, 0.4) is 0 Å². The average Bonchev–Trinajstić information content (AvgIpc) is 2.83. The molecule has 200 valence electrons. The summed E-state index contributed by atoms with van der Waals surface area (Å²) in [6.45, 7) is 9.98. The molecule has 0 amide bonds. The van der Waals surface area contributed by atoms with Crippen molar-refractivity contribution < 1.29 is 28.5 Å². The van der Waals surface area contributed by atoms with E-state index in [0.29, 0.717) is 46.8 Å². The molecule has 0 aliphatic carbocycles. The van der Waals surface area contributed by atoms with Crippen molar-refractivity contribution in [3.8, 4) is 23.0 Å². The molecule has 0 saturated heterocycles. The van der Waals surface area contributed by atoms with Gasteiger partial charge in [-0.2, -0.15) is 0 Å². The Morgan fingerprint density at radius 2 is 1.61 bits per heavy atom. The Hall–Kier alpha value is -4.46. The van der Waals surface area contributed by atoms with E-state index in [9.17, 15) is 19.8 Å². The fourth-order valence-electron chi connectivity index (χ4n) is 3.64. The van der Waals surface area contributed by atoms with Gasteiger partial charge in [0.25, 0.3) is 0 Å². The van der Waals surface area contributed by atoms with E-state index < -0.39 is 5.63 Å². The molecule has 0 atom stereocenters. The van der Waals surface area contributed by atoms with Crippen molar-refractivity contribution in [2.24, 2.45) is 0 Å². The van der Waals surface area contributed by atoms with Gasteiger partial charge in [0, 0.05) is 35.2 Å². The third-order valence-corrected chi connectivity index (χ3v) is 5.53. The Balaban J connectivity index is 0.000000212. The van der Waals surface area contributed by atoms with Gasteiger partial charge in [-0.1, -0.05) is 17.2 Å². The highest BCUT2D eigenvalue weighted by Crippen LogP contribution is 2.34. The summed E-state index contributed by atoms with van der Waals surface area (Å²) in [4.78, 5) is 23.1. The summed E-state index contributed by atoms with van der Waals surface area (Å²) in [5, 5.41) is 20.6. The highest BCUT2D eigenvalue weighted by molar-refractivity contribution is 5.88. The second-order valence-electron chi connectivity index (χ2n) is 9.19. The molecule has 8 nitrogen and oxygen atoms in total. The van der Waals surface area contributed by atoms with Crippen molar-refractivity contribution >= 4 is 21.9 Å². The Morgan fingerprint density at radius 1 is 0.895 bits per heavy atom. The molecule has 0 radical (unpaired) electrons. The highest BCUT2D eigenvalue weighted by atomic mass is 16.5. The first-order valence-corrected chi connectivity index (χ1v) is 12.0. The van der Waals surface area contributed by atoms with Crippen molar-refractivity contribution in [1.82, 2.24) is 0 Å². The van der Waals surface area contributed by atoms with Crippen LogP contribution in [0, 0.1) is 6.92 Å². The summed E-state index contributed by atoms with van der Waals surface area (Å²) < 4.78 is 21.4. The molecule has 0 fully saturated rings. The van der Waals surface area contributed by atoms with Crippen LogP contribution in [0.15, 0.2) is 78.1 Å². The maximum atomic E-state index is 12.0. The summed E-state index contributed by atoms with van der Waals surface area (Å²) in [5.74, 6) is 1.23. The van der Waals surface area contributed by atoms with E-state index in [2.05, 4.69) is 0 Å². The van der Waals surface area contributed by atoms with Gasteiger partial charge in [-0.3, -0.25) is 4.79 Å². The van der Waals surface area contributed by atoms with Crippen LogP contribution < -0.4 is 20.5 Å². The van der Waals surface area contributed by atoms with Crippen molar-refractivity contribution in [2.75, 3.05) is 13.7 Å². The van der Waals surface area contributed by atoms with Crippen LogP contribution in [0.4, 0.5) is 0 Å². The van der Waals surface area contributed by atoms with Crippen LogP contribution in [0.25, 0.3) is 21.9 Å². The quantitative estimate of drug-likeness (QED) is 0.229. The van der Waals surface area contributed by atoms with Gasteiger partial charge in [0.05, 0.1) is 7.11 Å². The van der Waals surface area contributed by atoms with Crippen molar-refractivity contribution in [2.45, 2.75) is 41.0 Å². The zero-order chi connectivity index (χ0) is 28.0. The molecule has 2 aromatic heterocycles. The summed E-state index contributed by atoms with van der Waals surface area (Å²) in [5.41, 5.74) is 3.16. The van der Waals surface area contributed by atoms with Crippen LogP contribution in [0.5, 0.6) is 23.0 Å². The predicted octanol–water partition coefficient (Wildman–Crippen LogP) is 6.17. The minimum absolute atomic E-state index is 0.0264. The van der Waals surface area contributed by atoms with Crippen LogP contribution in [0.2, 0.25) is 0 Å². The second kappa shape index (κ2) is 12.2. The number of ether oxygens (including phenoxy) is 2. The molecule has 4 rings (SSSR count). The molecule has 0 bridgehead atoms. The molecule has 0 aliphatic rings. The zero-order valence-corrected chi connectivity index (χ0v) is 22.4. The number of allylic oxidation sites excluding steroid dienone is 3. The number of aromatic hydroxyl groups is 2. The number of benzene rings is 2. The molecule has 8 heteroatoms. The van der Waals surface area contributed by atoms with Crippen molar-refractivity contribution in [3.05, 3.63) is 91.7 Å². The number of fused-ring (bicyclic) bond motifs is 2. The maximum absolute atomic E-state index is 12.0. The van der Waals surface area contributed by atoms with E-state index in [1.54, 1.807) is 13.0 Å². The number of hydrogen-bond donors (Lipinski definition) is 2. The van der Waals surface area contributed by atoms with E-state index in [-0.39, 0.29) is 22.3 Å². The number of aryl methyl sites for hydroxylation is 1.